The SMILES string of the molecule is CCN(N1CCOCC1)S(=O)(=O)c1ccc(C(=O)O)c(Nc2ccc(I)cc2Cl)c1. The highest BCUT2D eigenvalue weighted by atomic mass is 127. The molecule has 0 radical (unpaired) electrons. The topological polar surface area (TPSA) is 99.2 Å². The fraction of sp³-hybridized carbons (Fsp3) is 0.316. The molecule has 2 aromatic rings. The van der Waals surface area contributed by atoms with E-state index >= 15 is 0 Å². The van der Waals surface area contributed by atoms with Crippen molar-refractivity contribution in [3.63, 3.8) is 0 Å². The van der Waals surface area contributed by atoms with Gasteiger partial charge in [0.2, 0.25) is 0 Å². The van der Waals surface area contributed by atoms with Crippen LogP contribution in [0.3, 0.4) is 0 Å². The molecule has 1 aliphatic rings. The fourth-order valence-electron chi connectivity index (χ4n) is 3.13. The minimum Gasteiger partial charge on any atom is -0.478 e. The summed E-state index contributed by atoms with van der Waals surface area (Å²) in [6.07, 6.45) is 0. The molecule has 1 fully saturated rings. The third-order valence-electron chi connectivity index (χ3n) is 4.57. The number of sulfonamides is 1. The van der Waals surface area contributed by atoms with Gasteiger partial charge in [0.05, 0.1) is 40.1 Å². The van der Waals surface area contributed by atoms with Crippen molar-refractivity contribution in [1.82, 2.24) is 9.42 Å². The number of morpholine rings is 1. The van der Waals surface area contributed by atoms with Crippen LogP contribution in [0.15, 0.2) is 41.3 Å². The van der Waals surface area contributed by atoms with Crippen LogP contribution in [0.5, 0.6) is 0 Å². The van der Waals surface area contributed by atoms with Gasteiger partial charge in [-0.1, -0.05) is 11.6 Å². The number of rotatable bonds is 7. The third-order valence-corrected chi connectivity index (χ3v) is 7.45. The molecule has 0 aliphatic carbocycles. The van der Waals surface area contributed by atoms with Gasteiger partial charge in [-0.3, -0.25) is 0 Å². The van der Waals surface area contributed by atoms with Gasteiger partial charge in [0.15, 0.2) is 0 Å². The van der Waals surface area contributed by atoms with Crippen molar-refractivity contribution in [1.29, 1.82) is 0 Å². The zero-order valence-electron chi connectivity index (χ0n) is 16.1. The van der Waals surface area contributed by atoms with Crippen molar-refractivity contribution in [2.24, 2.45) is 0 Å². The highest BCUT2D eigenvalue weighted by Gasteiger charge is 2.30. The Morgan fingerprint density at radius 1 is 1.23 bits per heavy atom. The maximum absolute atomic E-state index is 13.3. The summed E-state index contributed by atoms with van der Waals surface area (Å²) in [5, 5.41) is 14.6. The molecule has 0 saturated carbocycles. The maximum atomic E-state index is 13.3. The van der Waals surface area contributed by atoms with E-state index in [9.17, 15) is 18.3 Å². The molecule has 162 valence electrons. The van der Waals surface area contributed by atoms with E-state index < -0.39 is 16.0 Å². The van der Waals surface area contributed by atoms with Crippen LogP contribution < -0.4 is 5.32 Å². The number of nitrogens with one attached hydrogen (secondary N) is 1. The van der Waals surface area contributed by atoms with Gasteiger partial charge in [0, 0.05) is 23.2 Å². The van der Waals surface area contributed by atoms with Gasteiger partial charge in [0.25, 0.3) is 10.0 Å². The zero-order valence-corrected chi connectivity index (χ0v) is 19.9. The monoisotopic (exact) mass is 565 g/mol. The lowest BCUT2D eigenvalue weighted by molar-refractivity contribution is -0.0397. The number of ether oxygens (including phenoxy) is 1. The van der Waals surface area contributed by atoms with Crippen molar-refractivity contribution < 1.29 is 23.1 Å². The van der Waals surface area contributed by atoms with Crippen LogP contribution in [-0.2, 0) is 14.8 Å². The van der Waals surface area contributed by atoms with Gasteiger partial charge in [-0.05, 0) is 65.9 Å². The number of carboxylic acid groups (broad SMARTS) is 1. The second kappa shape index (κ2) is 9.79. The second-order valence-electron chi connectivity index (χ2n) is 6.47. The molecule has 1 heterocycles. The number of nitrogens with zero attached hydrogens (tertiary/aromatic N) is 2. The highest BCUT2D eigenvalue weighted by molar-refractivity contribution is 14.1. The molecule has 0 amide bonds. The predicted molar refractivity (Wildman–Crippen MR) is 123 cm³/mol. The number of hydrogen-bond acceptors (Lipinski definition) is 6. The maximum Gasteiger partial charge on any atom is 0.337 e. The van der Waals surface area contributed by atoms with Crippen LogP contribution in [0.1, 0.15) is 17.3 Å². The Balaban J connectivity index is 2.01. The van der Waals surface area contributed by atoms with Crippen molar-refractivity contribution in [2.45, 2.75) is 11.8 Å². The molecule has 2 N–H and O–H groups in total. The van der Waals surface area contributed by atoms with Crippen LogP contribution in [0.4, 0.5) is 11.4 Å². The molecule has 1 aliphatic heterocycles. The Morgan fingerprint density at radius 2 is 1.93 bits per heavy atom. The van der Waals surface area contributed by atoms with E-state index in [0.29, 0.717) is 37.0 Å². The normalized spacial score (nSPS) is 15.3. The molecule has 1 saturated heterocycles. The van der Waals surface area contributed by atoms with Gasteiger partial charge in [-0.25, -0.2) is 18.2 Å². The van der Waals surface area contributed by atoms with Gasteiger partial charge in [-0.2, -0.15) is 0 Å². The second-order valence-corrected chi connectivity index (χ2v) is 9.97. The Morgan fingerprint density at radius 3 is 2.53 bits per heavy atom. The van der Waals surface area contributed by atoms with Gasteiger partial charge in [0.1, 0.15) is 0 Å². The first-order chi connectivity index (χ1) is 14.2. The van der Waals surface area contributed by atoms with Crippen molar-refractivity contribution in [3.8, 4) is 0 Å². The third kappa shape index (κ3) is 5.06. The summed E-state index contributed by atoms with van der Waals surface area (Å²) in [6, 6.07) is 9.17. The number of halogens is 2. The molecule has 0 spiro atoms. The van der Waals surface area contributed by atoms with E-state index in [1.807, 2.05) is 6.07 Å². The van der Waals surface area contributed by atoms with Crippen LogP contribution in [-0.4, -0.2) is 61.8 Å². The Labute approximate surface area is 193 Å². The van der Waals surface area contributed by atoms with E-state index in [2.05, 4.69) is 27.9 Å². The van der Waals surface area contributed by atoms with Crippen molar-refractivity contribution in [3.05, 3.63) is 50.6 Å². The van der Waals surface area contributed by atoms with E-state index in [1.165, 1.54) is 22.6 Å². The number of carboxylic acids is 1. The van der Waals surface area contributed by atoms with Crippen molar-refractivity contribution in [2.75, 3.05) is 38.2 Å². The molecule has 8 nitrogen and oxygen atoms in total. The lowest BCUT2D eigenvalue weighted by Crippen LogP contribution is -2.51. The van der Waals surface area contributed by atoms with Gasteiger partial charge < -0.3 is 15.2 Å². The molecule has 30 heavy (non-hydrogen) atoms. The first kappa shape index (κ1) is 23.2. The van der Waals surface area contributed by atoms with E-state index in [4.69, 9.17) is 16.3 Å². The average molecular weight is 566 g/mol. The number of hydrazine groups is 1. The van der Waals surface area contributed by atoms with Gasteiger partial charge >= 0.3 is 5.97 Å². The largest absolute Gasteiger partial charge is 0.478 e. The average Bonchev–Trinajstić information content (AvgIpc) is 2.71. The number of carbonyl (C=O) groups is 1. The minimum absolute atomic E-state index is 0.00928. The molecule has 0 bridgehead atoms. The Kier molecular flexibility index (Phi) is 7.58. The highest BCUT2D eigenvalue weighted by Crippen LogP contribution is 2.31. The zero-order chi connectivity index (χ0) is 21.9. The van der Waals surface area contributed by atoms with Crippen molar-refractivity contribution >= 4 is 61.6 Å². The number of aromatic carboxylic acids is 1. The quantitative estimate of drug-likeness (QED) is 0.495. The summed E-state index contributed by atoms with van der Waals surface area (Å²) >= 11 is 8.37. The first-order valence-corrected chi connectivity index (χ1v) is 12.1. The Hall–Kier alpha value is -1.44. The molecule has 0 aromatic heterocycles. The minimum atomic E-state index is -3.89. The van der Waals surface area contributed by atoms with Crippen LogP contribution in [0, 0.1) is 3.57 Å². The lowest BCUT2D eigenvalue weighted by atomic mass is 10.1. The first-order valence-electron chi connectivity index (χ1n) is 9.18. The molecular formula is C19H21ClIN3O5S. The fourth-order valence-corrected chi connectivity index (χ4v) is 5.59. The van der Waals surface area contributed by atoms with E-state index in [1.54, 1.807) is 24.1 Å². The van der Waals surface area contributed by atoms with Gasteiger partial charge in [-0.15, -0.1) is 4.41 Å². The molecule has 0 unspecified atom stereocenters. The molecule has 3 rings (SSSR count). The van der Waals surface area contributed by atoms with Crippen LogP contribution in [0.25, 0.3) is 0 Å². The summed E-state index contributed by atoms with van der Waals surface area (Å²) in [5.74, 6) is -1.18. The molecular weight excluding hydrogens is 545 g/mol. The summed E-state index contributed by atoms with van der Waals surface area (Å²) in [5.41, 5.74) is 0.567. The predicted octanol–water partition coefficient (Wildman–Crippen LogP) is 3.64. The van der Waals surface area contributed by atoms with Crippen LogP contribution >= 0.6 is 34.2 Å². The standard InChI is InChI=1S/C19H21ClIN3O5S/c1-2-24(23-7-9-29-10-8-23)30(27,28)14-4-5-15(19(25)26)18(12-14)22-17-6-3-13(21)11-16(17)20/h3-6,11-12,22H,2,7-10H2,1H3,(H,25,26). The van der Waals surface area contributed by atoms with E-state index in [0.717, 1.165) is 3.57 Å². The summed E-state index contributed by atoms with van der Waals surface area (Å²) < 4.78 is 34.1. The summed E-state index contributed by atoms with van der Waals surface area (Å²) in [6.45, 7) is 3.81. The number of benzene rings is 2. The lowest BCUT2D eigenvalue weighted by Gasteiger charge is -2.35. The summed E-state index contributed by atoms with van der Waals surface area (Å²) in [4.78, 5) is 11.7. The Bertz CT molecular complexity index is 1040. The smallest absolute Gasteiger partial charge is 0.337 e. The molecule has 2 aromatic carbocycles. The molecule has 0 atom stereocenters. The number of hydrogen-bond donors (Lipinski definition) is 2. The summed E-state index contributed by atoms with van der Waals surface area (Å²) in [7, 11) is -3.89. The number of anilines is 2. The van der Waals surface area contributed by atoms with Crippen LogP contribution in [0.2, 0.25) is 5.02 Å². The molecule has 11 heteroatoms. The van der Waals surface area contributed by atoms with E-state index in [-0.39, 0.29) is 22.7 Å².